The molecule has 2 aliphatic rings. The molecule has 1 fully saturated rings. The zero-order chi connectivity index (χ0) is 31.9. The van der Waals surface area contributed by atoms with E-state index in [0.717, 1.165) is 42.5 Å². The van der Waals surface area contributed by atoms with Crippen molar-refractivity contribution in [1.82, 2.24) is 49.5 Å². The molecule has 3 N–H and O–H groups in total. The van der Waals surface area contributed by atoms with Gasteiger partial charge in [-0.25, -0.2) is 29.6 Å². The number of nitrogen functional groups attached to an aromatic ring is 1. The maximum Gasteiger partial charge on any atom is 0.272 e. The molecule has 0 bridgehead atoms. The Bertz CT molecular complexity index is 2160. The molecule has 0 unspecified atom stereocenters. The van der Waals surface area contributed by atoms with Gasteiger partial charge in [-0.1, -0.05) is 6.07 Å². The number of fused-ring (bicyclic) bond motifs is 2. The highest BCUT2D eigenvalue weighted by molar-refractivity contribution is 5.92. The molecule has 6 aromatic rings. The molecule has 0 spiro atoms. The van der Waals surface area contributed by atoms with Crippen molar-refractivity contribution in [2.75, 3.05) is 18.8 Å². The molecule has 8 rings (SSSR count). The van der Waals surface area contributed by atoms with Crippen LogP contribution in [0.25, 0.3) is 34.1 Å². The molecule has 1 amide bonds. The lowest BCUT2D eigenvalue weighted by molar-refractivity contribution is 0.0695. The van der Waals surface area contributed by atoms with Crippen LogP contribution in [0.3, 0.4) is 0 Å². The number of pyridine rings is 2. The number of aromatic nitrogens is 8. The Balaban J connectivity index is 1.05. The highest BCUT2D eigenvalue weighted by Gasteiger charge is 2.30. The van der Waals surface area contributed by atoms with Gasteiger partial charge in [-0.3, -0.25) is 9.36 Å². The highest BCUT2D eigenvalue weighted by Crippen LogP contribution is 2.36. The number of imidazole rings is 1. The number of rotatable bonds is 6. The third kappa shape index (κ3) is 5.24. The number of carbonyl (C=O) groups excluding carboxylic acids is 1. The van der Waals surface area contributed by atoms with E-state index in [1.165, 1.54) is 17.3 Å². The van der Waals surface area contributed by atoms with Crippen molar-refractivity contribution in [2.45, 2.75) is 37.8 Å². The molecule has 1 aliphatic heterocycles. The molecule has 6 heterocycles. The molecular formula is C34H30N12O. The van der Waals surface area contributed by atoms with Gasteiger partial charge in [0.05, 0.1) is 5.56 Å². The Morgan fingerprint density at radius 3 is 2.66 bits per heavy atom. The monoisotopic (exact) mass is 622 g/mol. The van der Waals surface area contributed by atoms with Gasteiger partial charge in [0.15, 0.2) is 17.3 Å². The summed E-state index contributed by atoms with van der Waals surface area (Å²) < 4.78 is 3.79. The van der Waals surface area contributed by atoms with Crippen molar-refractivity contribution in [3.63, 3.8) is 0 Å². The normalized spacial score (nSPS) is 16.3. The molecule has 1 saturated heterocycles. The number of nitrogens with two attached hydrogens (primary N) is 1. The topological polar surface area (TPSA) is 169 Å². The van der Waals surface area contributed by atoms with Crippen molar-refractivity contribution in [3.05, 3.63) is 102 Å². The Kier molecular flexibility index (Phi) is 7.11. The molecule has 0 saturated carbocycles. The van der Waals surface area contributed by atoms with Crippen molar-refractivity contribution in [1.29, 1.82) is 5.26 Å². The molecular weight excluding hydrogens is 592 g/mol. The first-order chi connectivity index (χ1) is 23.1. The Labute approximate surface area is 269 Å². The van der Waals surface area contributed by atoms with Crippen LogP contribution in [0.15, 0.2) is 79.4 Å². The second-order valence-electron chi connectivity index (χ2n) is 11.8. The molecule has 5 aromatic heterocycles. The van der Waals surface area contributed by atoms with E-state index in [1.807, 2.05) is 47.5 Å². The largest absolute Gasteiger partial charge is 0.383 e. The number of anilines is 1. The second kappa shape index (κ2) is 11.7. The first-order valence-electron chi connectivity index (χ1n) is 15.6. The number of nitriles is 1. The van der Waals surface area contributed by atoms with Gasteiger partial charge in [-0.15, -0.1) is 0 Å². The Morgan fingerprint density at radius 2 is 1.85 bits per heavy atom. The number of piperidine rings is 1. The average Bonchev–Trinajstić information content (AvgIpc) is 3.87. The second-order valence-corrected chi connectivity index (χ2v) is 11.8. The maximum atomic E-state index is 13.0. The van der Waals surface area contributed by atoms with Crippen LogP contribution in [-0.4, -0.2) is 69.2 Å². The van der Waals surface area contributed by atoms with E-state index in [0.29, 0.717) is 36.2 Å². The number of benzene rings is 1. The predicted molar refractivity (Wildman–Crippen MR) is 174 cm³/mol. The standard InChI is InChI=1S/C34H30N12O/c35-20-29-37-15-10-28(41-29)34(47)44-17-11-22(12-18-44)40-26-7-4-21-19-23(5-6-24(21)26)46-32(25-3-1-13-38-31(25)36)42-27-8-9-30(43-33(27)46)45-16-2-14-39-45/h1-3,5-6,8-10,13-16,19,22,26,40H,4,7,11-12,17-18H2,(H2,36,38)/t26-/m0/s1. The first kappa shape index (κ1) is 28.5. The number of hydrogen-bond acceptors (Lipinski definition) is 10. The van der Waals surface area contributed by atoms with Crippen molar-refractivity contribution in [2.24, 2.45) is 0 Å². The maximum absolute atomic E-state index is 13.0. The smallest absolute Gasteiger partial charge is 0.272 e. The minimum Gasteiger partial charge on any atom is -0.383 e. The van der Waals surface area contributed by atoms with E-state index in [-0.39, 0.29) is 29.5 Å². The van der Waals surface area contributed by atoms with Crippen molar-refractivity contribution >= 4 is 22.9 Å². The number of amides is 1. The summed E-state index contributed by atoms with van der Waals surface area (Å²) in [6.07, 6.45) is 10.3. The van der Waals surface area contributed by atoms with E-state index < -0.39 is 0 Å². The zero-order valence-corrected chi connectivity index (χ0v) is 25.4. The third-order valence-corrected chi connectivity index (χ3v) is 8.96. The fourth-order valence-electron chi connectivity index (χ4n) is 6.65. The number of nitrogens with one attached hydrogen (secondary N) is 1. The van der Waals surface area contributed by atoms with Gasteiger partial charge in [0.1, 0.15) is 23.1 Å². The molecule has 0 radical (unpaired) electrons. The third-order valence-electron chi connectivity index (χ3n) is 8.96. The van der Waals surface area contributed by atoms with Gasteiger partial charge >= 0.3 is 0 Å². The van der Waals surface area contributed by atoms with E-state index >= 15 is 0 Å². The Morgan fingerprint density at radius 1 is 0.957 bits per heavy atom. The van der Waals surface area contributed by atoms with E-state index in [1.54, 1.807) is 23.1 Å². The van der Waals surface area contributed by atoms with Crippen LogP contribution >= 0.6 is 0 Å². The van der Waals surface area contributed by atoms with Crippen LogP contribution in [0.5, 0.6) is 0 Å². The molecule has 232 valence electrons. The van der Waals surface area contributed by atoms with Crippen LogP contribution in [0.2, 0.25) is 0 Å². The molecule has 1 atom stereocenters. The number of aryl methyl sites for hydroxylation is 1. The summed E-state index contributed by atoms with van der Waals surface area (Å²) in [7, 11) is 0. The van der Waals surface area contributed by atoms with Crippen LogP contribution < -0.4 is 11.1 Å². The van der Waals surface area contributed by atoms with Gasteiger partial charge in [0.25, 0.3) is 5.91 Å². The minimum atomic E-state index is -0.160. The summed E-state index contributed by atoms with van der Waals surface area (Å²) in [5, 5.41) is 17.3. The van der Waals surface area contributed by atoms with Gasteiger partial charge in [-0.05, 0) is 85.3 Å². The van der Waals surface area contributed by atoms with Crippen LogP contribution in [0.1, 0.15) is 52.7 Å². The van der Waals surface area contributed by atoms with Crippen molar-refractivity contribution < 1.29 is 4.79 Å². The van der Waals surface area contributed by atoms with Crippen LogP contribution in [0, 0.1) is 11.3 Å². The van der Waals surface area contributed by atoms with Crippen LogP contribution in [-0.2, 0) is 6.42 Å². The van der Waals surface area contributed by atoms with E-state index in [4.69, 9.17) is 21.0 Å². The lowest BCUT2D eigenvalue weighted by atomic mass is 10.0. The van der Waals surface area contributed by atoms with Gasteiger partial charge < -0.3 is 16.0 Å². The Hall–Kier alpha value is -6.00. The first-order valence-corrected chi connectivity index (χ1v) is 15.6. The van der Waals surface area contributed by atoms with Gasteiger partial charge in [-0.2, -0.15) is 10.4 Å². The summed E-state index contributed by atoms with van der Waals surface area (Å²) in [6.45, 7) is 1.25. The predicted octanol–water partition coefficient (Wildman–Crippen LogP) is 3.79. The SMILES string of the molecule is N#Cc1nccc(C(=O)N2CCC(N[C@H]3CCc4cc(-n5c(-c6cccnc6N)nc6ccc(-n7cccn7)nc65)ccc43)CC2)n1. The summed E-state index contributed by atoms with van der Waals surface area (Å²) in [5.74, 6) is 1.61. The summed E-state index contributed by atoms with van der Waals surface area (Å²) >= 11 is 0. The van der Waals surface area contributed by atoms with Crippen LogP contribution in [0.4, 0.5) is 5.82 Å². The lowest BCUT2D eigenvalue weighted by Crippen LogP contribution is -2.45. The fraction of sp³-hybridized carbons (Fsp3) is 0.235. The molecule has 13 nitrogen and oxygen atoms in total. The summed E-state index contributed by atoms with van der Waals surface area (Å²) in [5.41, 5.74) is 12.3. The molecule has 1 aliphatic carbocycles. The molecule has 1 aromatic carbocycles. The minimum absolute atomic E-state index is 0.00403. The lowest BCUT2D eigenvalue weighted by Gasteiger charge is -2.34. The van der Waals surface area contributed by atoms with Gasteiger partial charge in [0, 0.05) is 55.6 Å². The van der Waals surface area contributed by atoms with E-state index in [9.17, 15) is 4.79 Å². The summed E-state index contributed by atoms with van der Waals surface area (Å²) in [6, 6.07) is 20.0. The summed E-state index contributed by atoms with van der Waals surface area (Å²) in [4.78, 5) is 37.0. The molecule has 47 heavy (non-hydrogen) atoms. The van der Waals surface area contributed by atoms with Gasteiger partial charge in [0.2, 0.25) is 5.82 Å². The van der Waals surface area contributed by atoms with Crippen molar-refractivity contribution in [3.8, 4) is 29.0 Å². The number of hydrogen-bond donors (Lipinski definition) is 2. The quantitative estimate of drug-likeness (QED) is 0.279. The number of carbonyl (C=O) groups is 1. The average molecular weight is 623 g/mol. The fourth-order valence-corrected chi connectivity index (χ4v) is 6.65. The van der Waals surface area contributed by atoms with E-state index in [2.05, 4.69) is 48.1 Å². The zero-order valence-electron chi connectivity index (χ0n) is 25.4. The number of nitrogens with zero attached hydrogens (tertiary/aromatic N) is 10. The number of likely N-dealkylation sites (tertiary alicyclic amines) is 1. The molecule has 13 heteroatoms. The highest BCUT2D eigenvalue weighted by atomic mass is 16.2.